The molecule has 0 radical (unpaired) electrons. The van der Waals surface area contributed by atoms with E-state index in [0.717, 1.165) is 42.2 Å². The molecular formula is C35H42F6O. The molecule has 1 aliphatic carbocycles. The minimum atomic E-state index is -4.71. The first-order valence-electron chi connectivity index (χ1n) is 15.5. The lowest BCUT2D eigenvalue weighted by Crippen LogP contribution is -2.20. The maximum atomic E-state index is 15.3. The van der Waals surface area contributed by atoms with Crippen molar-refractivity contribution in [2.24, 2.45) is 11.8 Å². The van der Waals surface area contributed by atoms with Gasteiger partial charge in [-0.05, 0) is 71.7 Å². The van der Waals surface area contributed by atoms with Crippen molar-refractivity contribution in [1.29, 1.82) is 0 Å². The molecule has 1 nitrogen and oxygen atoms in total. The van der Waals surface area contributed by atoms with Gasteiger partial charge in [-0.15, -0.1) is 0 Å². The van der Waals surface area contributed by atoms with Gasteiger partial charge in [-0.1, -0.05) is 101 Å². The first kappa shape index (κ1) is 32.2. The maximum absolute atomic E-state index is 15.3. The molecule has 0 atom stereocenters. The number of benzene rings is 3. The van der Waals surface area contributed by atoms with Crippen molar-refractivity contribution in [2.45, 2.75) is 103 Å². The van der Waals surface area contributed by atoms with Gasteiger partial charge in [0.05, 0.1) is 0 Å². The van der Waals surface area contributed by atoms with E-state index in [0.29, 0.717) is 10.9 Å². The molecule has 0 heterocycles. The molecule has 4 rings (SSSR count). The van der Waals surface area contributed by atoms with Crippen molar-refractivity contribution in [3.63, 3.8) is 0 Å². The molecular weight excluding hydrogens is 550 g/mol. The fourth-order valence-corrected chi connectivity index (χ4v) is 6.28. The van der Waals surface area contributed by atoms with E-state index in [-0.39, 0.29) is 24.2 Å². The van der Waals surface area contributed by atoms with E-state index < -0.39 is 30.2 Å². The van der Waals surface area contributed by atoms with E-state index in [1.807, 2.05) is 18.2 Å². The number of halogens is 6. The SMILES string of the molecule is CCCCCCCC1CCC(CCc2ccc3c(F)c(CCc4cc(F)c(OCC(F)(F)F)c(F)c4)ccc3c2)CC1. The van der Waals surface area contributed by atoms with Crippen molar-refractivity contribution in [1.82, 2.24) is 0 Å². The van der Waals surface area contributed by atoms with Gasteiger partial charge in [0.2, 0.25) is 0 Å². The van der Waals surface area contributed by atoms with Crippen molar-refractivity contribution in [2.75, 3.05) is 6.61 Å². The van der Waals surface area contributed by atoms with E-state index in [2.05, 4.69) is 17.7 Å². The Hall–Kier alpha value is -2.70. The average molecular weight is 593 g/mol. The molecule has 0 unspecified atom stereocenters. The molecule has 1 aliphatic rings. The molecule has 42 heavy (non-hydrogen) atoms. The molecule has 0 spiro atoms. The molecule has 0 amide bonds. The molecule has 7 heteroatoms. The smallest absolute Gasteiger partial charge is 0.422 e. The van der Waals surface area contributed by atoms with Gasteiger partial charge in [0.1, 0.15) is 5.82 Å². The summed E-state index contributed by atoms with van der Waals surface area (Å²) in [7, 11) is 0. The minimum Gasteiger partial charge on any atom is -0.478 e. The lowest BCUT2D eigenvalue weighted by Gasteiger charge is -2.28. The Bertz CT molecular complexity index is 1270. The van der Waals surface area contributed by atoms with Crippen LogP contribution >= 0.6 is 0 Å². The molecule has 3 aromatic carbocycles. The third kappa shape index (κ3) is 9.40. The summed E-state index contributed by atoms with van der Waals surface area (Å²) in [5.74, 6) is -2.20. The fourth-order valence-electron chi connectivity index (χ4n) is 6.28. The zero-order chi connectivity index (χ0) is 30.1. The Kier molecular flexibility index (Phi) is 11.6. The van der Waals surface area contributed by atoms with E-state index in [1.54, 1.807) is 6.07 Å². The summed E-state index contributed by atoms with van der Waals surface area (Å²) in [5, 5.41) is 1.33. The Morgan fingerprint density at radius 2 is 1.38 bits per heavy atom. The monoisotopic (exact) mass is 592 g/mol. The molecule has 1 fully saturated rings. The highest BCUT2D eigenvalue weighted by Gasteiger charge is 2.30. The van der Waals surface area contributed by atoms with Crippen molar-refractivity contribution < 1.29 is 31.1 Å². The number of aryl methyl sites for hydroxylation is 3. The van der Waals surface area contributed by atoms with Gasteiger partial charge in [-0.3, -0.25) is 0 Å². The van der Waals surface area contributed by atoms with Crippen LogP contribution in [0, 0.1) is 29.3 Å². The van der Waals surface area contributed by atoms with Crippen LogP contribution in [0.2, 0.25) is 0 Å². The predicted molar refractivity (Wildman–Crippen MR) is 156 cm³/mol. The van der Waals surface area contributed by atoms with E-state index in [9.17, 15) is 22.0 Å². The Morgan fingerprint density at radius 3 is 2.05 bits per heavy atom. The van der Waals surface area contributed by atoms with Crippen LogP contribution in [0.25, 0.3) is 10.8 Å². The van der Waals surface area contributed by atoms with E-state index >= 15 is 4.39 Å². The van der Waals surface area contributed by atoms with Crippen LogP contribution < -0.4 is 4.74 Å². The number of hydrogen-bond acceptors (Lipinski definition) is 1. The number of fused-ring (bicyclic) bond motifs is 1. The van der Waals surface area contributed by atoms with Crippen molar-refractivity contribution in [3.8, 4) is 5.75 Å². The molecule has 0 aromatic heterocycles. The fraction of sp³-hybridized carbons (Fsp3) is 0.543. The van der Waals surface area contributed by atoms with Crippen molar-refractivity contribution >= 4 is 10.8 Å². The Balaban J connectivity index is 1.28. The summed E-state index contributed by atoms with van der Waals surface area (Å²) in [6.07, 6.45) is 11.2. The average Bonchev–Trinajstić information content (AvgIpc) is 2.95. The lowest BCUT2D eigenvalue weighted by atomic mass is 9.77. The van der Waals surface area contributed by atoms with Crippen LogP contribution in [0.1, 0.15) is 94.2 Å². The zero-order valence-corrected chi connectivity index (χ0v) is 24.5. The summed E-state index contributed by atoms with van der Waals surface area (Å²) in [4.78, 5) is 0. The van der Waals surface area contributed by atoms with Crippen LogP contribution in [0.3, 0.4) is 0 Å². The Morgan fingerprint density at radius 1 is 0.714 bits per heavy atom. The second-order valence-corrected chi connectivity index (χ2v) is 12.0. The number of alkyl halides is 3. The first-order chi connectivity index (χ1) is 20.1. The van der Waals surface area contributed by atoms with Crippen LogP contribution in [-0.2, 0) is 19.3 Å². The van der Waals surface area contributed by atoms with Gasteiger partial charge in [-0.2, -0.15) is 13.2 Å². The van der Waals surface area contributed by atoms with Crippen LogP contribution in [0.15, 0.2) is 42.5 Å². The molecule has 3 aromatic rings. The highest BCUT2D eigenvalue weighted by molar-refractivity contribution is 5.84. The Labute approximate surface area is 245 Å². The van der Waals surface area contributed by atoms with Gasteiger partial charge in [-0.25, -0.2) is 13.2 Å². The second-order valence-electron chi connectivity index (χ2n) is 12.0. The number of unbranched alkanes of at least 4 members (excludes halogenated alkanes) is 4. The summed E-state index contributed by atoms with van der Waals surface area (Å²) in [5.41, 5.74) is 1.82. The molecule has 230 valence electrons. The number of hydrogen-bond donors (Lipinski definition) is 0. The topological polar surface area (TPSA) is 9.23 Å². The second kappa shape index (κ2) is 15.2. The summed E-state index contributed by atoms with van der Waals surface area (Å²) < 4.78 is 85.0. The summed E-state index contributed by atoms with van der Waals surface area (Å²) in [6.45, 7) is 0.466. The molecule has 0 aliphatic heterocycles. The maximum Gasteiger partial charge on any atom is 0.422 e. The highest BCUT2D eigenvalue weighted by atomic mass is 19.4. The summed E-state index contributed by atoms with van der Waals surface area (Å²) in [6, 6.07) is 11.3. The van der Waals surface area contributed by atoms with Crippen LogP contribution in [0.4, 0.5) is 26.3 Å². The van der Waals surface area contributed by atoms with Gasteiger partial charge in [0, 0.05) is 5.39 Å². The quantitative estimate of drug-likeness (QED) is 0.134. The molecule has 0 N–H and O–H groups in total. The van der Waals surface area contributed by atoms with Crippen LogP contribution in [0.5, 0.6) is 5.75 Å². The standard InChI is InChI=1S/C35H42F6O/c1-2-3-4-5-6-7-24-8-10-25(11-9-24)12-13-26-15-19-30-29(20-26)18-17-28(33(30)38)16-14-27-21-31(36)34(32(37)22-27)42-23-35(39,40)41/h15,17-22,24-25H,2-14,16,23H2,1H3. The third-order valence-corrected chi connectivity index (χ3v) is 8.74. The largest absolute Gasteiger partial charge is 0.478 e. The van der Waals surface area contributed by atoms with Crippen molar-refractivity contribution in [3.05, 3.63) is 76.6 Å². The van der Waals surface area contributed by atoms with Gasteiger partial charge in [0.25, 0.3) is 0 Å². The first-order valence-corrected chi connectivity index (χ1v) is 15.5. The van der Waals surface area contributed by atoms with E-state index in [4.69, 9.17) is 0 Å². The minimum absolute atomic E-state index is 0.120. The number of ether oxygens (including phenoxy) is 1. The van der Waals surface area contributed by atoms with Crippen LogP contribution in [-0.4, -0.2) is 12.8 Å². The predicted octanol–water partition coefficient (Wildman–Crippen LogP) is 11.1. The summed E-state index contributed by atoms with van der Waals surface area (Å²) >= 11 is 0. The van der Waals surface area contributed by atoms with Gasteiger partial charge < -0.3 is 4.74 Å². The molecule has 0 saturated heterocycles. The normalized spacial score (nSPS) is 17.6. The molecule has 1 saturated carbocycles. The third-order valence-electron chi connectivity index (χ3n) is 8.74. The van der Waals surface area contributed by atoms with E-state index in [1.165, 1.54) is 69.8 Å². The van der Waals surface area contributed by atoms with Gasteiger partial charge >= 0.3 is 6.18 Å². The number of rotatable bonds is 14. The highest BCUT2D eigenvalue weighted by Crippen LogP contribution is 2.35. The zero-order valence-electron chi connectivity index (χ0n) is 24.5. The molecule has 0 bridgehead atoms. The lowest BCUT2D eigenvalue weighted by molar-refractivity contribution is -0.154. The van der Waals surface area contributed by atoms with Gasteiger partial charge in [0.15, 0.2) is 24.0 Å².